The van der Waals surface area contributed by atoms with E-state index in [-0.39, 0.29) is 0 Å². The second-order valence-corrected chi connectivity index (χ2v) is 4.81. The van der Waals surface area contributed by atoms with Gasteiger partial charge in [0.2, 0.25) is 0 Å². The highest BCUT2D eigenvalue weighted by Crippen LogP contribution is 2.22. The summed E-state index contributed by atoms with van der Waals surface area (Å²) in [7, 11) is 0. The average molecular weight is 299 g/mol. The molecular weight excluding hydrogens is 280 g/mol. The lowest BCUT2D eigenvalue weighted by atomic mass is 10.1. The second-order valence-electron chi connectivity index (χ2n) is 4.40. The fourth-order valence-corrected chi connectivity index (χ4v) is 1.99. The van der Waals surface area contributed by atoms with E-state index in [1.165, 1.54) is 0 Å². The maximum atomic E-state index is 11.7. The number of benzene rings is 1. The van der Waals surface area contributed by atoms with Gasteiger partial charge >= 0.3 is 12.0 Å². The molecule has 0 spiro atoms. The van der Waals surface area contributed by atoms with Crippen LogP contribution < -0.4 is 10.6 Å². The summed E-state index contributed by atoms with van der Waals surface area (Å²) in [6.07, 6.45) is 2.95. The molecular formula is C14H19ClN2O3. The summed E-state index contributed by atoms with van der Waals surface area (Å²) in [5, 5.41) is 14.6. The monoisotopic (exact) mass is 298 g/mol. The number of unbranched alkanes of at least 4 members (excludes halogenated alkanes) is 2. The summed E-state index contributed by atoms with van der Waals surface area (Å²) in [6.45, 7) is 2.59. The number of carbonyl (C=O) groups is 2. The maximum absolute atomic E-state index is 11.7. The Labute approximate surface area is 123 Å². The number of carbonyl (C=O) groups excluding carboxylic acids is 1. The van der Waals surface area contributed by atoms with Crippen molar-refractivity contribution >= 4 is 23.6 Å². The molecule has 0 aliphatic rings. The van der Waals surface area contributed by atoms with Crippen molar-refractivity contribution in [2.45, 2.75) is 32.2 Å². The van der Waals surface area contributed by atoms with Gasteiger partial charge in [0, 0.05) is 17.1 Å². The van der Waals surface area contributed by atoms with Crippen molar-refractivity contribution in [3.8, 4) is 0 Å². The Kier molecular flexibility index (Phi) is 6.87. The zero-order chi connectivity index (χ0) is 15.0. The van der Waals surface area contributed by atoms with Gasteiger partial charge in [0.15, 0.2) is 6.04 Å². The largest absolute Gasteiger partial charge is 0.479 e. The smallest absolute Gasteiger partial charge is 0.331 e. The van der Waals surface area contributed by atoms with E-state index in [1.54, 1.807) is 24.3 Å². The first-order valence-corrected chi connectivity index (χ1v) is 6.95. The molecule has 1 rings (SSSR count). The maximum Gasteiger partial charge on any atom is 0.331 e. The molecule has 20 heavy (non-hydrogen) atoms. The van der Waals surface area contributed by atoms with E-state index in [0.717, 1.165) is 19.3 Å². The van der Waals surface area contributed by atoms with E-state index >= 15 is 0 Å². The molecule has 0 aromatic heterocycles. The summed E-state index contributed by atoms with van der Waals surface area (Å²) in [6, 6.07) is 4.89. The first kappa shape index (κ1) is 16.3. The molecule has 110 valence electrons. The topological polar surface area (TPSA) is 78.4 Å². The van der Waals surface area contributed by atoms with Crippen LogP contribution in [0.3, 0.4) is 0 Å². The molecule has 3 N–H and O–H groups in total. The fourth-order valence-electron chi connectivity index (χ4n) is 1.74. The molecule has 0 fully saturated rings. The molecule has 0 aliphatic carbocycles. The van der Waals surface area contributed by atoms with Crippen molar-refractivity contribution < 1.29 is 14.7 Å². The van der Waals surface area contributed by atoms with Crippen molar-refractivity contribution in [3.63, 3.8) is 0 Å². The van der Waals surface area contributed by atoms with E-state index in [9.17, 15) is 14.7 Å². The minimum Gasteiger partial charge on any atom is -0.479 e. The number of aliphatic carboxylic acids is 1. The highest BCUT2D eigenvalue weighted by Gasteiger charge is 2.23. The van der Waals surface area contributed by atoms with Gasteiger partial charge in [-0.05, 0) is 12.5 Å². The first-order chi connectivity index (χ1) is 9.56. The van der Waals surface area contributed by atoms with Crippen LogP contribution in [-0.2, 0) is 4.79 Å². The van der Waals surface area contributed by atoms with Gasteiger partial charge in [-0.15, -0.1) is 0 Å². The summed E-state index contributed by atoms with van der Waals surface area (Å²) in [5.74, 6) is -1.15. The van der Waals surface area contributed by atoms with Crippen LogP contribution in [0.2, 0.25) is 5.02 Å². The highest BCUT2D eigenvalue weighted by molar-refractivity contribution is 6.31. The van der Waals surface area contributed by atoms with Crippen LogP contribution >= 0.6 is 11.6 Å². The van der Waals surface area contributed by atoms with E-state index < -0.39 is 18.0 Å². The molecule has 1 atom stereocenters. The van der Waals surface area contributed by atoms with Gasteiger partial charge in [-0.1, -0.05) is 49.6 Å². The number of hydrogen-bond donors (Lipinski definition) is 3. The van der Waals surface area contributed by atoms with Gasteiger partial charge < -0.3 is 15.7 Å². The van der Waals surface area contributed by atoms with Gasteiger partial charge in [0.25, 0.3) is 0 Å². The minimum atomic E-state index is -1.16. The molecule has 0 saturated carbocycles. The van der Waals surface area contributed by atoms with Crippen LogP contribution in [-0.4, -0.2) is 23.7 Å². The quantitative estimate of drug-likeness (QED) is 0.677. The lowest BCUT2D eigenvalue weighted by molar-refractivity contribution is -0.139. The number of rotatable bonds is 7. The number of urea groups is 1. The number of amides is 2. The molecule has 0 aliphatic heterocycles. The molecule has 0 saturated heterocycles. The SMILES string of the molecule is CCCCCNC(=O)N[C@@H](C(=O)O)c1ccccc1Cl. The third-order valence-electron chi connectivity index (χ3n) is 2.80. The summed E-state index contributed by atoms with van der Waals surface area (Å²) >= 11 is 5.96. The van der Waals surface area contributed by atoms with Crippen LogP contribution in [0, 0.1) is 0 Å². The molecule has 5 nitrogen and oxygen atoms in total. The van der Waals surface area contributed by atoms with Gasteiger partial charge in [0.05, 0.1) is 0 Å². The number of hydrogen-bond acceptors (Lipinski definition) is 2. The van der Waals surface area contributed by atoms with Crippen molar-refractivity contribution in [3.05, 3.63) is 34.9 Å². The van der Waals surface area contributed by atoms with Crippen LogP contribution in [0.15, 0.2) is 24.3 Å². The van der Waals surface area contributed by atoms with E-state index in [2.05, 4.69) is 17.6 Å². The zero-order valence-electron chi connectivity index (χ0n) is 11.4. The summed E-state index contributed by atoms with van der Waals surface area (Å²) < 4.78 is 0. The Balaban J connectivity index is 2.62. The van der Waals surface area contributed by atoms with Gasteiger partial charge in [0.1, 0.15) is 0 Å². The second kappa shape index (κ2) is 8.43. The number of nitrogens with one attached hydrogen (secondary N) is 2. The Bertz CT molecular complexity index is 465. The van der Waals surface area contributed by atoms with Crippen molar-refractivity contribution in [2.75, 3.05) is 6.54 Å². The first-order valence-electron chi connectivity index (χ1n) is 6.57. The van der Waals surface area contributed by atoms with Gasteiger partial charge in [-0.25, -0.2) is 9.59 Å². The Morgan fingerprint density at radius 2 is 2.00 bits per heavy atom. The predicted molar refractivity (Wildman–Crippen MR) is 77.9 cm³/mol. The third-order valence-corrected chi connectivity index (χ3v) is 3.15. The Hall–Kier alpha value is -1.75. The van der Waals surface area contributed by atoms with Crippen LogP contribution in [0.4, 0.5) is 4.79 Å². The highest BCUT2D eigenvalue weighted by atomic mass is 35.5. The molecule has 0 heterocycles. The van der Waals surface area contributed by atoms with E-state index in [1.807, 2.05) is 0 Å². The summed E-state index contributed by atoms with van der Waals surface area (Å²) in [4.78, 5) is 22.9. The minimum absolute atomic E-state index is 0.311. The van der Waals surface area contributed by atoms with Gasteiger partial charge in [-0.3, -0.25) is 0 Å². The molecule has 0 radical (unpaired) electrons. The Morgan fingerprint density at radius 1 is 1.30 bits per heavy atom. The van der Waals surface area contributed by atoms with Gasteiger partial charge in [-0.2, -0.15) is 0 Å². The lowest BCUT2D eigenvalue weighted by Crippen LogP contribution is -2.41. The molecule has 0 unspecified atom stereocenters. The van der Waals surface area contributed by atoms with Crippen molar-refractivity contribution in [2.24, 2.45) is 0 Å². The van der Waals surface area contributed by atoms with Crippen LogP contribution in [0.5, 0.6) is 0 Å². The molecule has 1 aromatic rings. The normalized spacial score (nSPS) is 11.7. The number of halogens is 1. The molecule has 2 amide bonds. The predicted octanol–water partition coefficient (Wildman–Crippen LogP) is 2.96. The lowest BCUT2D eigenvalue weighted by Gasteiger charge is -2.16. The molecule has 6 heteroatoms. The average Bonchev–Trinajstić information content (AvgIpc) is 2.42. The number of carboxylic acids is 1. The molecule has 1 aromatic carbocycles. The zero-order valence-corrected chi connectivity index (χ0v) is 12.1. The van der Waals surface area contributed by atoms with Crippen molar-refractivity contribution in [1.29, 1.82) is 0 Å². The number of carboxylic acid groups (broad SMARTS) is 1. The van der Waals surface area contributed by atoms with E-state index in [4.69, 9.17) is 11.6 Å². The standard InChI is InChI=1S/C14H19ClN2O3/c1-2-3-6-9-16-14(20)17-12(13(18)19)10-7-4-5-8-11(10)15/h4-5,7-8,12H,2-3,6,9H2,1H3,(H,18,19)(H2,16,17,20)/t12-/m1/s1. The fraction of sp³-hybridized carbons (Fsp3) is 0.429. The van der Waals surface area contributed by atoms with Crippen LogP contribution in [0.25, 0.3) is 0 Å². The third kappa shape index (κ3) is 5.09. The molecule has 0 bridgehead atoms. The Morgan fingerprint density at radius 3 is 2.60 bits per heavy atom. The van der Waals surface area contributed by atoms with Crippen LogP contribution in [0.1, 0.15) is 37.8 Å². The van der Waals surface area contributed by atoms with Crippen molar-refractivity contribution in [1.82, 2.24) is 10.6 Å². The summed E-state index contributed by atoms with van der Waals surface area (Å²) in [5.41, 5.74) is 0.366. The van der Waals surface area contributed by atoms with E-state index in [0.29, 0.717) is 17.1 Å².